The summed E-state index contributed by atoms with van der Waals surface area (Å²) in [7, 11) is 0. The number of benzene rings is 2. The second-order valence-corrected chi connectivity index (χ2v) is 6.35. The maximum absolute atomic E-state index is 11.4. The van der Waals surface area contributed by atoms with Crippen molar-refractivity contribution in [3.05, 3.63) is 58.5 Å². The highest BCUT2D eigenvalue weighted by molar-refractivity contribution is 5.75. The molecular weight excluding hydrogens is 318 g/mol. The molecule has 130 valence electrons. The predicted molar refractivity (Wildman–Crippen MR) is 97.3 cm³/mol. The van der Waals surface area contributed by atoms with Gasteiger partial charge in [-0.2, -0.15) is 0 Å². The average Bonchev–Trinajstić information content (AvgIpc) is 3.24. The molecule has 4 rings (SSSR count). The number of aromatic nitrogens is 2. The highest BCUT2D eigenvalue weighted by Gasteiger charge is 2.19. The van der Waals surface area contributed by atoms with Crippen LogP contribution in [-0.4, -0.2) is 29.3 Å². The van der Waals surface area contributed by atoms with E-state index in [4.69, 9.17) is 9.47 Å². The molecule has 2 aromatic carbocycles. The smallest absolute Gasteiger partial charge is 0.323 e. The molecule has 1 saturated heterocycles. The molecule has 2 heterocycles. The SMILES string of the molecule is CC(Nc1ccccc1OC1CCOC1)c1ccc2[nH]c(=O)[nH]c2c1. The summed E-state index contributed by atoms with van der Waals surface area (Å²) >= 11 is 0. The Morgan fingerprint density at radius 1 is 1.20 bits per heavy atom. The van der Waals surface area contributed by atoms with E-state index in [9.17, 15) is 4.79 Å². The third kappa shape index (κ3) is 3.39. The van der Waals surface area contributed by atoms with Crippen LogP contribution in [0.25, 0.3) is 11.0 Å². The van der Waals surface area contributed by atoms with Crippen LogP contribution in [0, 0.1) is 0 Å². The number of anilines is 1. The number of H-pyrrole nitrogens is 2. The van der Waals surface area contributed by atoms with E-state index in [0.717, 1.165) is 41.1 Å². The first-order chi connectivity index (χ1) is 12.2. The highest BCUT2D eigenvalue weighted by Crippen LogP contribution is 2.30. The van der Waals surface area contributed by atoms with Crippen molar-refractivity contribution in [2.45, 2.75) is 25.5 Å². The number of hydrogen-bond donors (Lipinski definition) is 3. The van der Waals surface area contributed by atoms with Crippen molar-refractivity contribution >= 4 is 16.7 Å². The zero-order valence-electron chi connectivity index (χ0n) is 14.0. The minimum atomic E-state index is -0.190. The van der Waals surface area contributed by atoms with Crippen molar-refractivity contribution < 1.29 is 9.47 Å². The predicted octanol–water partition coefficient (Wildman–Crippen LogP) is 3.20. The molecule has 2 unspecified atom stereocenters. The van der Waals surface area contributed by atoms with Gasteiger partial charge in [0.25, 0.3) is 0 Å². The number of fused-ring (bicyclic) bond motifs is 1. The van der Waals surface area contributed by atoms with Gasteiger partial charge in [0.2, 0.25) is 0 Å². The van der Waals surface area contributed by atoms with Crippen LogP contribution < -0.4 is 15.7 Å². The maximum Gasteiger partial charge on any atom is 0.323 e. The van der Waals surface area contributed by atoms with Crippen molar-refractivity contribution in [2.24, 2.45) is 0 Å². The van der Waals surface area contributed by atoms with Gasteiger partial charge < -0.3 is 24.8 Å². The van der Waals surface area contributed by atoms with Crippen molar-refractivity contribution in [2.75, 3.05) is 18.5 Å². The lowest BCUT2D eigenvalue weighted by molar-refractivity contribution is 0.142. The molecule has 0 radical (unpaired) electrons. The summed E-state index contributed by atoms with van der Waals surface area (Å²) in [5.41, 5.74) is 3.46. The van der Waals surface area contributed by atoms with Crippen LogP contribution in [-0.2, 0) is 4.74 Å². The van der Waals surface area contributed by atoms with E-state index < -0.39 is 0 Å². The second-order valence-electron chi connectivity index (χ2n) is 6.35. The Morgan fingerprint density at radius 3 is 2.88 bits per heavy atom. The van der Waals surface area contributed by atoms with Crippen LogP contribution >= 0.6 is 0 Å². The molecule has 6 nitrogen and oxygen atoms in total. The van der Waals surface area contributed by atoms with Crippen molar-refractivity contribution in [3.8, 4) is 5.75 Å². The molecule has 1 aliphatic heterocycles. The van der Waals surface area contributed by atoms with Gasteiger partial charge in [-0.05, 0) is 36.8 Å². The van der Waals surface area contributed by atoms with Crippen LogP contribution in [0.1, 0.15) is 24.9 Å². The zero-order chi connectivity index (χ0) is 17.2. The third-order valence-electron chi connectivity index (χ3n) is 4.48. The van der Waals surface area contributed by atoms with E-state index in [1.165, 1.54) is 0 Å². The number of hydrogen-bond acceptors (Lipinski definition) is 4. The van der Waals surface area contributed by atoms with Crippen LogP contribution in [0.5, 0.6) is 5.75 Å². The molecule has 2 atom stereocenters. The molecule has 1 aromatic heterocycles. The maximum atomic E-state index is 11.4. The van der Waals surface area contributed by atoms with E-state index in [-0.39, 0.29) is 17.8 Å². The Balaban J connectivity index is 1.54. The summed E-state index contributed by atoms with van der Waals surface area (Å²) in [4.78, 5) is 17.0. The molecule has 0 saturated carbocycles. The first kappa shape index (κ1) is 15.8. The minimum absolute atomic E-state index is 0.0624. The van der Waals surface area contributed by atoms with Gasteiger partial charge in [0, 0.05) is 12.5 Å². The Hall–Kier alpha value is -2.73. The first-order valence-electron chi connectivity index (χ1n) is 8.51. The highest BCUT2D eigenvalue weighted by atomic mass is 16.5. The van der Waals surface area contributed by atoms with Gasteiger partial charge in [0.15, 0.2) is 0 Å². The summed E-state index contributed by atoms with van der Waals surface area (Å²) in [6.07, 6.45) is 1.03. The normalized spacial score (nSPS) is 18.4. The molecule has 0 aliphatic carbocycles. The van der Waals surface area contributed by atoms with Gasteiger partial charge in [0.1, 0.15) is 11.9 Å². The molecule has 3 aromatic rings. The molecule has 0 amide bonds. The third-order valence-corrected chi connectivity index (χ3v) is 4.48. The van der Waals surface area contributed by atoms with E-state index in [2.05, 4.69) is 22.2 Å². The molecule has 3 N–H and O–H groups in total. The molecule has 1 aliphatic rings. The van der Waals surface area contributed by atoms with Crippen LogP contribution in [0.2, 0.25) is 0 Å². The molecule has 1 fully saturated rings. The van der Waals surface area contributed by atoms with Crippen molar-refractivity contribution in [1.82, 2.24) is 9.97 Å². The van der Waals surface area contributed by atoms with Crippen LogP contribution in [0.4, 0.5) is 5.69 Å². The lowest BCUT2D eigenvalue weighted by Gasteiger charge is -2.20. The number of para-hydroxylation sites is 2. The first-order valence-corrected chi connectivity index (χ1v) is 8.51. The quantitative estimate of drug-likeness (QED) is 0.667. The lowest BCUT2D eigenvalue weighted by atomic mass is 10.1. The standard InChI is InChI=1S/C19H21N3O3/c1-12(13-6-7-15-17(10-13)22-19(23)21-15)20-16-4-2-3-5-18(16)25-14-8-9-24-11-14/h2-7,10,12,14,20H,8-9,11H2,1H3,(H2,21,22,23). The van der Waals surface area contributed by atoms with Gasteiger partial charge >= 0.3 is 5.69 Å². The van der Waals surface area contributed by atoms with Gasteiger partial charge in [-0.3, -0.25) is 0 Å². The fourth-order valence-corrected chi connectivity index (χ4v) is 3.11. The summed E-state index contributed by atoms with van der Waals surface area (Å²) in [6.45, 7) is 3.48. The number of nitrogens with one attached hydrogen (secondary N) is 3. The topological polar surface area (TPSA) is 79.1 Å². The molecular formula is C19H21N3O3. The Bertz CT molecular complexity index is 925. The molecule has 0 bridgehead atoms. The second kappa shape index (κ2) is 6.64. The monoisotopic (exact) mass is 339 g/mol. The minimum Gasteiger partial charge on any atom is -0.486 e. The summed E-state index contributed by atoms with van der Waals surface area (Å²) in [5.74, 6) is 0.834. The summed E-state index contributed by atoms with van der Waals surface area (Å²) in [5, 5.41) is 3.50. The number of ether oxygens (including phenoxy) is 2. The van der Waals surface area contributed by atoms with Crippen molar-refractivity contribution in [3.63, 3.8) is 0 Å². The zero-order valence-corrected chi connectivity index (χ0v) is 14.0. The Labute approximate surface area is 145 Å². The summed E-state index contributed by atoms with van der Waals surface area (Å²) < 4.78 is 11.5. The average molecular weight is 339 g/mol. The number of aromatic amines is 2. The van der Waals surface area contributed by atoms with Crippen LogP contribution in [0.15, 0.2) is 47.3 Å². The van der Waals surface area contributed by atoms with Crippen LogP contribution in [0.3, 0.4) is 0 Å². The fraction of sp³-hybridized carbons (Fsp3) is 0.316. The van der Waals surface area contributed by atoms with Crippen molar-refractivity contribution in [1.29, 1.82) is 0 Å². The van der Waals surface area contributed by atoms with E-state index in [1.807, 2.05) is 42.5 Å². The van der Waals surface area contributed by atoms with E-state index in [1.54, 1.807) is 0 Å². The largest absolute Gasteiger partial charge is 0.486 e. The fourth-order valence-electron chi connectivity index (χ4n) is 3.11. The Kier molecular flexibility index (Phi) is 4.19. The van der Waals surface area contributed by atoms with Gasteiger partial charge in [-0.1, -0.05) is 18.2 Å². The van der Waals surface area contributed by atoms with Gasteiger partial charge in [-0.15, -0.1) is 0 Å². The van der Waals surface area contributed by atoms with Gasteiger partial charge in [-0.25, -0.2) is 4.79 Å². The number of rotatable bonds is 5. The Morgan fingerprint density at radius 2 is 2.04 bits per heavy atom. The molecule has 25 heavy (non-hydrogen) atoms. The molecule has 6 heteroatoms. The summed E-state index contributed by atoms with van der Waals surface area (Å²) in [6, 6.07) is 13.9. The number of imidazole rings is 1. The molecule has 0 spiro atoms. The van der Waals surface area contributed by atoms with E-state index >= 15 is 0 Å². The van der Waals surface area contributed by atoms with Gasteiger partial charge in [0.05, 0.1) is 29.9 Å². The van der Waals surface area contributed by atoms with E-state index in [0.29, 0.717) is 6.61 Å². The lowest BCUT2D eigenvalue weighted by Crippen LogP contribution is -2.17.